The molecule has 0 spiro atoms. The molecule has 1 amide bonds. The number of hydrogen-bond donors (Lipinski definition) is 1. The normalized spacial score (nSPS) is 17.3. The van der Waals surface area contributed by atoms with Crippen LogP contribution < -0.4 is 14.4 Å². The van der Waals surface area contributed by atoms with E-state index < -0.39 is 17.7 Å². The number of anilines is 1. The van der Waals surface area contributed by atoms with Crippen molar-refractivity contribution in [2.24, 2.45) is 0 Å². The maximum atomic E-state index is 13.3. The lowest BCUT2D eigenvalue weighted by Crippen LogP contribution is -2.29. The van der Waals surface area contributed by atoms with E-state index in [1.165, 1.54) is 12.0 Å². The first-order valence-electron chi connectivity index (χ1n) is 10.8. The monoisotopic (exact) mass is 477 g/mol. The summed E-state index contributed by atoms with van der Waals surface area (Å²) in [6.07, 6.45) is -0.00504. The Morgan fingerprint density at radius 1 is 0.971 bits per heavy atom. The molecule has 1 N–H and O–H groups in total. The summed E-state index contributed by atoms with van der Waals surface area (Å²) in [5.74, 6) is -0.614. The standard InChI is InChI=1S/C27H24ClNO5/c1-16(2)34-21-12-10-20(11-13-21)29-24(17-6-5-9-22(15-17)33-3)23(26(31)27(29)32)25(30)18-7-4-8-19(28)14-18/h4-16,24,30H,1-3H3/b25-23-. The van der Waals surface area contributed by atoms with Crippen molar-refractivity contribution in [3.8, 4) is 11.5 Å². The van der Waals surface area contributed by atoms with Gasteiger partial charge in [0.2, 0.25) is 0 Å². The number of ether oxygens (including phenoxy) is 2. The molecule has 174 valence electrons. The van der Waals surface area contributed by atoms with Crippen molar-refractivity contribution in [1.29, 1.82) is 0 Å². The first kappa shape index (κ1) is 23.4. The summed E-state index contributed by atoms with van der Waals surface area (Å²) in [5, 5.41) is 11.6. The summed E-state index contributed by atoms with van der Waals surface area (Å²) < 4.78 is 11.1. The van der Waals surface area contributed by atoms with E-state index in [0.717, 1.165) is 0 Å². The molecule has 4 rings (SSSR count). The number of hydrogen-bond acceptors (Lipinski definition) is 5. The van der Waals surface area contributed by atoms with Crippen LogP contribution in [0, 0.1) is 0 Å². The average Bonchev–Trinajstić information content (AvgIpc) is 3.09. The highest BCUT2D eigenvalue weighted by Crippen LogP contribution is 2.43. The summed E-state index contributed by atoms with van der Waals surface area (Å²) in [6.45, 7) is 3.84. The van der Waals surface area contributed by atoms with Gasteiger partial charge in [-0.3, -0.25) is 14.5 Å². The van der Waals surface area contributed by atoms with Crippen LogP contribution in [0.5, 0.6) is 11.5 Å². The van der Waals surface area contributed by atoms with Crippen LogP contribution in [0.3, 0.4) is 0 Å². The Kier molecular flexibility index (Phi) is 6.61. The van der Waals surface area contributed by atoms with Gasteiger partial charge in [0, 0.05) is 16.3 Å². The van der Waals surface area contributed by atoms with Gasteiger partial charge in [-0.15, -0.1) is 0 Å². The number of nitrogens with zero attached hydrogens (tertiary/aromatic N) is 1. The minimum Gasteiger partial charge on any atom is -0.507 e. The van der Waals surface area contributed by atoms with Crippen molar-refractivity contribution in [3.05, 3.63) is 94.5 Å². The number of carbonyl (C=O) groups is 2. The predicted octanol–water partition coefficient (Wildman–Crippen LogP) is 5.76. The molecule has 34 heavy (non-hydrogen) atoms. The third-order valence-corrected chi connectivity index (χ3v) is 5.67. The lowest BCUT2D eigenvalue weighted by molar-refractivity contribution is -0.132. The lowest BCUT2D eigenvalue weighted by Gasteiger charge is -2.26. The minimum atomic E-state index is -0.869. The third-order valence-electron chi connectivity index (χ3n) is 5.44. The SMILES string of the molecule is COc1cccc(C2/C(=C(/O)c3cccc(Cl)c3)C(=O)C(=O)N2c2ccc(OC(C)C)cc2)c1. The first-order chi connectivity index (χ1) is 16.3. The molecule has 1 aliphatic heterocycles. The Balaban J connectivity index is 1.89. The van der Waals surface area contributed by atoms with E-state index >= 15 is 0 Å². The molecule has 1 atom stereocenters. The van der Waals surface area contributed by atoms with Crippen molar-refractivity contribution >= 4 is 34.7 Å². The summed E-state index contributed by atoms with van der Waals surface area (Å²) in [7, 11) is 1.54. The Morgan fingerprint density at radius 2 is 1.68 bits per heavy atom. The molecule has 1 unspecified atom stereocenters. The molecule has 7 heteroatoms. The lowest BCUT2D eigenvalue weighted by atomic mass is 9.95. The molecule has 0 bridgehead atoms. The summed E-state index contributed by atoms with van der Waals surface area (Å²) >= 11 is 6.10. The van der Waals surface area contributed by atoms with E-state index in [1.54, 1.807) is 72.8 Å². The van der Waals surface area contributed by atoms with Gasteiger partial charge in [0.1, 0.15) is 17.3 Å². The molecular formula is C27H24ClNO5. The number of halogens is 1. The number of amides is 1. The number of ketones is 1. The van der Waals surface area contributed by atoms with Gasteiger partial charge < -0.3 is 14.6 Å². The number of rotatable bonds is 6. The predicted molar refractivity (Wildman–Crippen MR) is 131 cm³/mol. The molecule has 3 aromatic carbocycles. The van der Waals surface area contributed by atoms with E-state index in [-0.39, 0.29) is 17.4 Å². The molecule has 1 saturated heterocycles. The fourth-order valence-electron chi connectivity index (χ4n) is 3.97. The van der Waals surface area contributed by atoms with Crippen LogP contribution in [-0.4, -0.2) is 30.0 Å². The molecule has 1 heterocycles. The quantitative estimate of drug-likeness (QED) is 0.277. The smallest absolute Gasteiger partial charge is 0.300 e. The zero-order chi connectivity index (χ0) is 24.4. The minimum absolute atomic E-state index is 0.00504. The summed E-state index contributed by atoms with van der Waals surface area (Å²) in [4.78, 5) is 27.9. The van der Waals surface area contributed by atoms with Crippen LogP contribution in [0.15, 0.2) is 78.4 Å². The highest BCUT2D eigenvalue weighted by atomic mass is 35.5. The zero-order valence-corrected chi connectivity index (χ0v) is 19.7. The van der Waals surface area contributed by atoms with E-state index in [1.807, 2.05) is 13.8 Å². The number of carbonyl (C=O) groups excluding carboxylic acids is 2. The molecular weight excluding hydrogens is 454 g/mol. The third kappa shape index (κ3) is 4.50. The maximum absolute atomic E-state index is 13.3. The summed E-state index contributed by atoms with van der Waals surface area (Å²) in [6, 6.07) is 19.6. The van der Waals surface area contributed by atoms with Crippen LogP contribution in [0.25, 0.3) is 5.76 Å². The van der Waals surface area contributed by atoms with Crippen LogP contribution in [0.2, 0.25) is 5.02 Å². The van der Waals surface area contributed by atoms with E-state index in [2.05, 4.69) is 0 Å². The average molecular weight is 478 g/mol. The first-order valence-corrected chi connectivity index (χ1v) is 11.2. The number of benzene rings is 3. The molecule has 3 aromatic rings. The second-order valence-corrected chi connectivity index (χ2v) is 8.55. The summed E-state index contributed by atoms with van der Waals surface area (Å²) in [5.41, 5.74) is 1.43. The van der Waals surface area contributed by atoms with Crippen molar-refractivity contribution in [3.63, 3.8) is 0 Å². The van der Waals surface area contributed by atoms with Gasteiger partial charge >= 0.3 is 0 Å². The number of aliphatic hydroxyl groups is 1. The number of aliphatic hydroxyl groups excluding tert-OH is 1. The molecule has 0 saturated carbocycles. The molecule has 6 nitrogen and oxygen atoms in total. The second kappa shape index (κ2) is 9.61. The van der Waals surface area contributed by atoms with E-state index in [0.29, 0.717) is 33.3 Å². The molecule has 0 aromatic heterocycles. The molecule has 0 aliphatic carbocycles. The second-order valence-electron chi connectivity index (χ2n) is 8.12. The van der Waals surface area contributed by atoms with Crippen LogP contribution in [-0.2, 0) is 9.59 Å². The van der Waals surface area contributed by atoms with Gasteiger partial charge in [0.05, 0.1) is 24.8 Å². The zero-order valence-electron chi connectivity index (χ0n) is 19.0. The largest absolute Gasteiger partial charge is 0.507 e. The van der Waals surface area contributed by atoms with Crippen molar-refractivity contribution < 1.29 is 24.2 Å². The fraction of sp³-hybridized carbons (Fsp3) is 0.185. The van der Waals surface area contributed by atoms with Crippen LogP contribution >= 0.6 is 11.6 Å². The van der Waals surface area contributed by atoms with Gasteiger partial charge in [-0.1, -0.05) is 35.9 Å². The van der Waals surface area contributed by atoms with Gasteiger partial charge in [-0.2, -0.15) is 0 Å². The van der Waals surface area contributed by atoms with Crippen LogP contribution in [0.4, 0.5) is 5.69 Å². The van der Waals surface area contributed by atoms with E-state index in [4.69, 9.17) is 21.1 Å². The Labute approximate surface area is 203 Å². The Morgan fingerprint density at radius 3 is 2.32 bits per heavy atom. The fourth-order valence-corrected chi connectivity index (χ4v) is 4.16. The Hall–Kier alpha value is -3.77. The molecule has 1 fully saturated rings. The van der Waals surface area contributed by atoms with Gasteiger partial charge in [0.15, 0.2) is 0 Å². The number of Topliss-reactive ketones (excluding diaryl/α,β-unsaturated/α-hetero) is 1. The van der Waals surface area contributed by atoms with Gasteiger partial charge in [-0.25, -0.2) is 0 Å². The van der Waals surface area contributed by atoms with Crippen molar-refractivity contribution in [2.45, 2.75) is 26.0 Å². The maximum Gasteiger partial charge on any atom is 0.300 e. The molecule has 0 radical (unpaired) electrons. The number of methoxy groups -OCH3 is 1. The van der Waals surface area contributed by atoms with Gasteiger partial charge in [-0.05, 0) is 67.9 Å². The van der Waals surface area contributed by atoms with Gasteiger partial charge in [0.25, 0.3) is 11.7 Å². The topological polar surface area (TPSA) is 76.1 Å². The van der Waals surface area contributed by atoms with Crippen LogP contribution in [0.1, 0.15) is 31.0 Å². The van der Waals surface area contributed by atoms with Crippen molar-refractivity contribution in [1.82, 2.24) is 0 Å². The highest BCUT2D eigenvalue weighted by molar-refractivity contribution is 6.51. The van der Waals surface area contributed by atoms with Crippen molar-refractivity contribution in [2.75, 3.05) is 12.0 Å². The highest BCUT2D eigenvalue weighted by Gasteiger charge is 2.47. The van der Waals surface area contributed by atoms with E-state index in [9.17, 15) is 14.7 Å². The Bertz CT molecular complexity index is 1270. The molecule has 1 aliphatic rings.